The molecule has 0 unspecified atom stereocenters. The first kappa shape index (κ1) is 17.0. The molecule has 134 valence electrons. The molecule has 0 amide bonds. The van der Waals surface area contributed by atoms with Gasteiger partial charge in [0.15, 0.2) is 0 Å². The summed E-state index contributed by atoms with van der Waals surface area (Å²) in [6, 6.07) is 8.62. The molecule has 1 saturated carbocycles. The second-order valence-electron chi connectivity index (χ2n) is 7.06. The van der Waals surface area contributed by atoms with E-state index in [9.17, 15) is 13.2 Å². The van der Waals surface area contributed by atoms with E-state index in [4.69, 9.17) is 11.6 Å². The molecule has 1 aromatic heterocycles. The van der Waals surface area contributed by atoms with Crippen LogP contribution in [-0.4, -0.2) is 28.0 Å². The predicted octanol–water partition coefficient (Wildman–Crippen LogP) is 5.34. The van der Waals surface area contributed by atoms with Crippen molar-refractivity contribution in [2.75, 3.05) is 6.54 Å². The lowest BCUT2D eigenvalue weighted by molar-refractivity contribution is -0.0563. The number of aromatic nitrogens is 1. The monoisotopic (exact) mass is 368 g/mol. The van der Waals surface area contributed by atoms with E-state index in [1.807, 2.05) is 12.1 Å². The summed E-state index contributed by atoms with van der Waals surface area (Å²) in [7, 11) is 0. The summed E-state index contributed by atoms with van der Waals surface area (Å²) in [5.74, 6) is -2.79. The lowest BCUT2D eigenvalue weighted by Gasteiger charge is -2.39. The SMILES string of the molecule is Fc1cccc(-c2cc3n(c2Cl)CCN(C2CCC(F)(F)CC2)C3)c1. The molecule has 0 bridgehead atoms. The highest BCUT2D eigenvalue weighted by Crippen LogP contribution is 2.38. The zero-order chi connectivity index (χ0) is 17.6. The summed E-state index contributed by atoms with van der Waals surface area (Å²) in [4.78, 5) is 2.29. The summed E-state index contributed by atoms with van der Waals surface area (Å²) in [6.45, 7) is 2.24. The van der Waals surface area contributed by atoms with Crippen LogP contribution in [0.15, 0.2) is 30.3 Å². The van der Waals surface area contributed by atoms with E-state index in [0.717, 1.165) is 29.9 Å². The average molecular weight is 369 g/mol. The van der Waals surface area contributed by atoms with Gasteiger partial charge in [0.2, 0.25) is 5.92 Å². The first-order valence-corrected chi connectivity index (χ1v) is 9.06. The lowest BCUT2D eigenvalue weighted by atomic mass is 9.91. The molecular formula is C19H20ClF3N2. The topological polar surface area (TPSA) is 8.17 Å². The molecule has 0 saturated heterocycles. The van der Waals surface area contributed by atoms with Gasteiger partial charge >= 0.3 is 0 Å². The van der Waals surface area contributed by atoms with Gasteiger partial charge in [-0.2, -0.15) is 0 Å². The number of halogens is 4. The lowest BCUT2D eigenvalue weighted by Crippen LogP contribution is -2.44. The van der Waals surface area contributed by atoms with Crippen molar-refractivity contribution >= 4 is 11.6 Å². The Morgan fingerprint density at radius 2 is 1.84 bits per heavy atom. The van der Waals surface area contributed by atoms with Gasteiger partial charge in [-0.05, 0) is 36.6 Å². The van der Waals surface area contributed by atoms with Crippen molar-refractivity contribution in [3.8, 4) is 11.1 Å². The van der Waals surface area contributed by atoms with E-state index in [1.54, 1.807) is 6.07 Å². The molecule has 0 atom stereocenters. The maximum atomic E-state index is 13.5. The Balaban J connectivity index is 1.55. The third-order valence-electron chi connectivity index (χ3n) is 5.43. The van der Waals surface area contributed by atoms with Crippen LogP contribution in [0.3, 0.4) is 0 Å². The molecule has 4 rings (SSSR count). The minimum atomic E-state index is -2.50. The molecule has 2 aromatic rings. The minimum Gasteiger partial charge on any atom is -0.333 e. The number of nitrogens with zero attached hydrogens (tertiary/aromatic N) is 2. The fourth-order valence-electron chi connectivity index (χ4n) is 4.02. The summed E-state index contributed by atoms with van der Waals surface area (Å²) in [5.41, 5.74) is 2.65. The smallest absolute Gasteiger partial charge is 0.248 e. The number of benzene rings is 1. The van der Waals surface area contributed by atoms with E-state index < -0.39 is 5.92 Å². The summed E-state index contributed by atoms with van der Waals surface area (Å²) in [5, 5.41) is 0.621. The molecule has 0 spiro atoms. The van der Waals surface area contributed by atoms with Crippen LogP contribution in [-0.2, 0) is 13.1 Å². The molecule has 25 heavy (non-hydrogen) atoms. The normalized spacial score (nSPS) is 21.3. The first-order chi connectivity index (χ1) is 11.9. The van der Waals surface area contributed by atoms with Crippen molar-refractivity contribution in [2.45, 2.75) is 50.7 Å². The Kier molecular flexibility index (Phi) is 4.32. The number of fused-ring (bicyclic) bond motifs is 1. The highest BCUT2D eigenvalue weighted by atomic mass is 35.5. The van der Waals surface area contributed by atoms with E-state index in [0.29, 0.717) is 24.5 Å². The number of hydrogen-bond acceptors (Lipinski definition) is 1. The Hall–Kier alpha value is -1.46. The number of alkyl halides is 2. The number of rotatable bonds is 2. The van der Waals surface area contributed by atoms with Gasteiger partial charge in [-0.15, -0.1) is 0 Å². The third kappa shape index (κ3) is 3.32. The predicted molar refractivity (Wildman–Crippen MR) is 92.4 cm³/mol. The van der Waals surface area contributed by atoms with Gasteiger partial charge in [-0.3, -0.25) is 4.90 Å². The average Bonchev–Trinajstić information content (AvgIpc) is 2.91. The van der Waals surface area contributed by atoms with Crippen molar-refractivity contribution in [3.63, 3.8) is 0 Å². The van der Waals surface area contributed by atoms with Crippen LogP contribution < -0.4 is 0 Å². The highest BCUT2D eigenvalue weighted by molar-refractivity contribution is 6.32. The molecular weight excluding hydrogens is 349 g/mol. The molecule has 2 nitrogen and oxygen atoms in total. The highest BCUT2D eigenvalue weighted by Gasteiger charge is 2.37. The Morgan fingerprint density at radius 1 is 1.08 bits per heavy atom. The molecule has 2 heterocycles. The number of hydrogen-bond donors (Lipinski definition) is 0. The molecule has 0 radical (unpaired) electrons. The van der Waals surface area contributed by atoms with Crippen molar-refractivity contribution in [2.24, 2.45) is 0 Å². The van der Waals surface area contributed by atoms with Crippen molar-refractivity contribution in [1.29, 1.82) is 0 Å². The van der Waals surface area contributed by atoms with Crippen LogP contribution in [0.4, 0.5) is 13.2 Å². The summed E-state index contributed by atoms with van der Waals surface area (Å²) in [6.07, 6.45) is 1.03. The van der Waals surface area contributed by atoms with Gasteiger partial charge in [0, 0.05) is 49.8 Å². The molecule has 2 aliphatic rings. The largest absolute Gasteiger partial charge is 0.333 e. The third-order valence-corrected chi connectivity index (χ3v) is 5.84. The fraction of sp³-hybridized carbons (Fsp3) is 0.474. The van der Waals surface area contributed by atoms with Gasteiger partial charge in [0.1, 0.15) is 11.0 Å². The minimum absolute atomic E-state index is 0.0233. The second kappa shape index (κ2) is 6.36. The maximum absolute atomic E-state index is 13.5. The van der Waals surface area contributed by atoms with Gasteiger partial charge in [-0.25, -0.2) is 13.2 Å². The van der Waals surface area contributed by atoms with E-state index in [-0.39, 0.29) is 24.7 Å². The molecule has 1 aliphatic heterocycles. The Labute approximate surface area is 150 Å². The Morgan fingerprint density at radius 3 is 2.56 bits per heavy atom. The van der Waals surface area contributed by atoms with Crippen LogP contribution in [0.2, 0.25) is 5.15 Å². The Bertz CT molecular complexity index is 777. The quantitative estimate of drug-likeness (QED) is 0.694. The summed E-state index contributed by atoms with van der Waals surface area (Å²) >= 11 is 6.52. The van der Waals surface area contributed by atoms with Crippen LogP contribution in [0.25, 0.3) is 11.1 Å². The van der Waals surface area contributed by atoms with Gasteiger partial charge in [0.05, 0.1) is 0 Å². The van der Waals surface area contributed by atoms with Crippen molar-refractivity contribution in [3.05, 3.63) is 47.0 Å². The van der Waals surface area contributed by atoms with Gasteiger partial charge in [-0.1, -0.05) is 23.7 Å². The zero-order valence-corrected chi connectivity index (χ0v) is 14.6. The van der Waals surface area contributed by atoms with Gasteiger partial charge in [0.25, 0.3) is 0 Å². The molecule has 1 aromatic carbocycles. The molecule has 6 heteroatoms. The fourth-order valence-corrected chi connectivity index (χ4v) is 4.38. The van der Waals surface area contributed by atoms with Crippen molar-refractivity contribution in [1.82, 2.24) is 9.47 Å². The molecule has 1 fully saturated rings. The van der Waals surface area contributed by atoms with Gasteiger partial charge < -0.3 is 4.57 Å². The second-order valence-corrected chi connectivity index (χ2v) is 7.42. The summed E-state index contributed by atoms with van der Waals surface area (Å²) < 4.78 is 42.3. The standard InChI is InChI=1S/C19H20ClF3N2/c20-18-17(13-2-1-3-14(21)10-13)11-16-12-24(8-9-25(16)18)15-4-6-19(22,23)7-5-15/h1-3,10-11,15H,4-9,12H2. The van der Waals surface area contributed by atoms with Crippen LogP contribution >= 0.6 is 11.6 Å². The van der Waals surface area contributed by atoms with E-state index >= 15 is 0 Å². The van der Waals surface area contributed by atoms with Crippen LogP contribution in [0.1, 0.15) is 31.4 Å². The van der Waals surface area contributed by atoms with E-state index in [1.165, 1.54) is 12.1 Å². The van der Waals surface area contributed by atoms with Crippen LogP contribution in [0.5, 0.6) is 0 Å². The zero-order valence-electron chi connectivity index (χ0n) is 13.8. The first-order valence-electron chi connectivity index (χ1n) is 8.69. The van der Waals surface area contributed by atoms with Crippen LogP contribution in [0, 0.1) is 5.82 Å². The molecule has 1 aliphatic carbocycles. The molecule has 0 N–H and O–H groups in total. The maximum Gasteiger partial charge on any atom is 0.248 e. The van der Waals surface area contributed by atoms with Crippen molar-refractivity contribution < 1.29 is 13.2 Å². The van der Waals surface area contributed by atoms with E-state index in [2.05, 4.69) is 9.47 Å².